The third-order valence-corrected chi connectivity index (χ3v) is 7.20. The van der Waals surface area contributed by atoms with Crippen molar-refractivity contribution in [2.45, 2.75) is 30.3 Å². The average Bonchev–Trinajstić information content (AvgIpc) is 2.87. The van der Waals surface area contributed by atoms with Crippen LogP contribution >= 0.6 is 0 Å². The minimum Gasteiger partial charge on any atom is -0.508 e. The number of benzene rings is 3. The van der Waals surface area contributed by atoms with E-state index in [-0.39, 0.29) is 11.7 Å². The number of amides is 1. The van der Waals surface area contributed by atoms with Crippen LogP contribution in [0.1, 0.15) is 36.0 Å². The van der Waals surface area contributed by atoms with Crippen molar-refractivity contribution in [3.8, 4) is 5.75 Å². The second-order valence-corrected chi connectivity index (χ2v) is 9.51. The van der Waals surface area contributed by atoms with E-state index in [1.165, 1.54) is 0 Å². The fourth-order valence-corrected chi connectivity index (χ4v) is 5.17. The highest BCUT2D eigenvalue weighted by molar-refractivity contribution is 5.91. The first kappa shape index (κ1) is 24.0. The lowest BCUT2D eigenvalue weighted by molar-refractivity contribution is -0.133. The molecule has 34 heavy (non-hydrogen) atoms. The van der Waals surface area contributed by atoms with E-state index >= 15 is 0 Å². The number of carbonyl (C=O) groups is 1. The minimum absolute atomic E-state index is 0.0718. The number of likely N-dealkylation sites (tertiary alicyclic amines) is 1. The molecule has 0 unspecified atom stereocenters. The van der Waals surface area contributed by atoms with Crippen LogP contribution in [0.25, 0.3) is 0 Å². The number of hydrogen-bond donors (Lipinski definition) is 2. The van der Waals surface area contributed by atoms with E-state index in [0.717, 1.165) is 36.3 Å². The van der Waals surface area contributed by atoms with Crippen LogP contribution < -0.4 is 0 Å². The topological polar surface area (TPSA) is 64.0 Å². The Labute approximate surface area is 202 Å². The van der Waals surface area contributed by atoms with E-state index in [9.17, 15) is 15.0 Å². The van der Waals surface area contributed by atoms with E-state index in [1.54, 1.807) is 29.2 Å². The van der Waals surface area contributed by atoms with Gasteiger partial charge in [-0.25, -0.2) is 0 Å². The van der Waals surface area contributed by atoms with Crippen LogP contribution in [0.15, 0.2) is 84.9 Å². The molecular formula is C29H34N2O3. The summed E-state index contributed by atoms with van der Waals surface area (Å²) in [6.45, 7) is 2.23. The molecule has 0 aliphatic carbocycles. The van der Waals surface area contributed by atoms with E-state index in [0.29, 0.717) is 19.3 Å². The number of likely N-dealkylation sites (N-methyl/N-ethyl adjacent to an activating group) is 1. The van der Waals surface area contributed by atoms with Gasteiger partial charge in [-0.05, 0) is 54.6 Å². The minimum atomic E-state index is -0.889. The summed E-state index contributed by atoms with van der Waals surface area (Å²) < 4.78 is 0. The van der Waals surface area contributed by atoms with Crippen LogP contribution in [0.4, 0.5) is 0 Å². The Morgan fingerprint density at radius 1 is 0.882 bits per heavy atom. The summed E-state index contributed by atoms with van der Waals surface area (Å²) in [6, 6.07) is 27.0. The van der Waals surface area contributed by atoms with Gasteiger partial charge in [0.2, 0.25) is 5.91 Å². The van der Waals surface area contributed by atoms with Gasteiger partial charge in [-0.3, -0.25) is 4.79 Å². The maximum atomic E-state index is 13.8. The lowest BCUT2D eigenvalue weighted by Crippen LogP contribution is -2.48. The van der Waals surface area contributed by atoms with Gasteiger partial charge in [-0.15, -0.1) is 0 Å². The summed E-state index contributed by atoms with van der Waals surface area (Å²) >= 11 is 0. The van der Waals surface area contributed by atoms with Crippen molar-refractivity contribution in [3.05, 3.63) is 102 Å². The zero-order valence-electron chi connectivity index (χ0n) is 20.0. The number of piperidine rings is 1. The Bertz CT molecular complexity index is 1030. The third kappa shape index (κ3) is 4.72. The SMILES string of the molecule is CN(C)C(=O)C(CCN1CCC(O)(c2ccc(O)cc2)CC1)(c1ccccc1)c1ccccc1. The van der Waals surface area contributed by atoms with Gasteiger partial charge in [0.15, 0.2) is 0 Å². The number of hydrogen-bond acceptors (Lipinski definition) is 4. The predicted octanol–water partition coefficient (Wildman–Crippen LogP) is 4.14. The van der Waals surface area contributed by atoms with E-state index in [4.69, 9.17) is 0 Å². The van der Waals surface area contributed by atoms with Gasteiger partial charge in [0.25, 0.3) is 0 Å². The van der Waals surface area contributed by atoms with Crippen molar-refractivity contribution in [1.82, 2.24) is 9.80 Å². The molecule has 0 atom stereocenters. The van der Waals surface area contributed by atoms with Gasteiger partial charge in [0.1, 0.15) is 11.2 Å². The van der Waals surface area contributed by atoms with Crippen molar-refractivity contribution in [3.63, 3.8) is 0 Å². The van der Waals surface area contributed by atoms with Gasteiger partial charge < -0.3 is 20.0 Å². The molecule has 178 valence electrons. The summed E-state index contributed by atoms with van der Waals surface area (Å²) in [5.41, 5.74) is 1.17. The molecule has 5 nitrogen and oxygen atoms in total. The molecule has 0 spiro atoms. The van der Waals surface area contributed by atoms with Crippen molar-refractivity contribution < 1.29 is 15.0 Å². The summed E-state index contributed by atoms with van der Waals surface area (Å²) in [5, 5.41) is 20.8. The number of phenols is 1. The zero-order chi connectivity index (χ0) is 24.2. The third-order valence-electron chi connectivity index (χ3n) is 7.20. The Morgan fingerprint density at radius 3 is 1.85 bits per heavy atom. The van der Waals surface area contributed by atoms with Crippen LogP contribution in [0.3, 0.4) is 0 Å². The summed E-state index contributed by atoms with van der Waals surface area (Å²) in [7, 11) is 3.64. The van der Waals surface area contributed by atoms with Crippen LogP contribution in [-0.4, -0.2) is 59.6 Å². The fourth-order valence-electron chi connectivity index (χ4n) is 5.17. The smallest absolute Gasteiger partial charge is 0.237 e. The van der Waals surface area contributed by atoms with Crippen LogP contribution in [0.2, 0.25) is 0 Å². The fraction of sp³-hybridized carbons (Fsp3) is 0.345. The first-order valence-corrected chi connectivity index (χ1v) is 11.9. The Hall–Kier alpha value is -3.15. The van der Waals surface area contributed by atoms with Crippen LogP contribution in [-0.2, 0) is 15.8 Å². The standard InChI is InChI=1S/C29H34N2O3/c1-30(2)27(33)29(24-9-5-3-6-10-24,25-11-7-4-8-12-25)19-22-31-20-17-28(34,18-21-31)23-13-15-26(32)16-14-23/h3-16,32,34H,17-22H2,1-2H3. The monoisotopic (exact) mass is 458 g/mol. The van der Waals surface area contributed by atoms with Gasteiger partial charge in [0.05, 0.1) is 5.60 Å². The first-order chi connectivity index (χ1) is 16.3. The second kappa shape index (κ2) is 10.00. The summed E-state index contributed by atoms with van der Waals surface area (Å²) in [5.74, 6) is 0.274. The first-order valence-electron chi connectivity index (χ1n) is 11.9. The molecule has 1 aliphatic heterocycles. The molecule has 1 fully saturated rings. The van der Waals surface area contributed by atoms with E-state index in [2.05, 4.69) is 4.90 Å². The van der Waals surface area contributed by atoms with Crippen molar-refractivity contribution in [2.75, 3.05) is 33.7 Å². The number of phenolic OH excluding ortho intramolecular Hbond substituents is 1. The molecule has 0 saturated carbocycles. The molecule has 4 rings (SSSR count). The Kier molecular flexibility index (Phi) is 7.05. The van der Waals surface area contributed by atoms with Gasteiger partial charge in [-0.1, -0.05) is 72.8 Å². The van der Waals surface area contributed by atoms with Crippen molar-refractivity contribution in [1.29, 1.82) is 0 Å². The Morgan fingerprint density at radius 2 is 1.38 bits per heavy atom. The average molecular weight is 459 g/mol. The van der Waals surface area contributed by atoms with Gasteiger partial charge in [-0.2, -0.15) is 0 Å². The lowest BCUT2D eigenvalue weighted by atomic mass is 9.70. The number of carbonyl (C=O) groups excluding carboxylic acids is 1. The van der Waals surface area contributed by atoms with Gasteiger partial charge >= 0.3 is 0 Å². The quantitative estimate of drug-likeness (QED) is 0.559. The number of aromatic hydroxyl groups is 1. The zero-order valence-corrected chi connectivity index (χ0v) is 20.0. The molecule has 0 radical (unpaired) electrons. The Balaban J connectivity index is 1.57. The number of rotatable bonds is 7. The normalized spacial score (nSPS) is 16.2. The number of nitrogens with zero attached hydrogens (tertiary/aromatic N) is 2. The number of aliphatic hydroxyl groups is 1. The molecule has 3 aromatic carbocycles. The molecule has 1 saturated heterocycles. The lowest BCUT2D eigenvalue weighted by Gasteiger charge is -2.41. The molecule has 2 N–H and O–H groups in total. The van der Waals surface area contributed by atoms with Crippen LogP contribution in [0, 0.1) is 0 Å². The molecule has 1 aliphatic rings. The van der Waals surface area contributed by atoms with Gasteiger partial charge in [0, 0.05) is 27.2 Å². The molecule has 1 heterocycles. The molecule has 5 heteroatoms. The molecule has 1 amide bonds. The van der Waals surface area contributed by atoms with Crippen molar-refractivity contribution in [2.24, 2.45) is 0 Å². The molecule has 0 bridgehead atoms. The summed E-state index contributed by atoms with van der Waals surface area (Å²) in [4.78, 5) is 17.8. The highest BCUT2D eigenvalue weighted by Gasteiger charge is 2.43. The molecule has 0 aromatic heterocycles. The highest BCUT2D eigenvalue weighted by Crippen LogP contribution is 2.39. The molecular weight excluding hydrogens is 424 g/mol. The second-order valence-electron chi connectivity index (χ2n) is 9.51. The molecule has 3 aromatic rings. The highest BCUT2D eigenvalue weighted by atomic mass is 16.3. The van der Waals surface area contributed by atoms with E-state index in [1.807, 2.05) is 74.8 Å². The maximum Gasteiger partial charge on any atom is 0.237 e. The van der Waals surface area contributed by atoms with E-state index < -0.39 is 11.0 Å². The maximum absolute atomic E-state index is 13.8. The van der Waals surface area contributed by atoms with Crippen LogP contribution in [0.5, 0.6) is 5.75 Å². The summed E-state index contributed by atoms with van der Waals surface area (Å²) in [6.07, 6.45) is 1.88. The van der Waals surface area contributed by atoms with Crippen molar-refractivity contribution >= 4 is 5.91 Å². The largest absolute Gasteiger partial charge is 0.508 e. The predicted molar refractivity (Wildman–Crippen MR) is 135 cm³/mol.